The molecule has 2 aromatic carbocycles. The van der Waals surface area contributed by atoms with Crippen molar-refractivity contribution in [2.45, 2.75) is 0 Å². The van der Waals surface area contributed by atoms with Gasteiger partial charge in [-0.05, 0) is 47.7 Å². The van der Waals surface area contributed by atoms with Crippen molar-refractivity contribution in [1.29, 1.82) is 0 Å². The Morgan fingerprint density at radius 1 is 1.12 bits per heavy atom. The molecule has 1 fully saturated rings. The highest BCUT2D eigenvalue weighted by Crippen LogP contribution is 2.34. The highest BCUT2D eigenvalue weighted by Gasteiger charge is 2.32. The number of aliphatic imine (C=N–C) groups is 1. The van der Waals surface area contributed by atoms with E-state index < -0.39 is 0 Å². The van der Waals surface area contributed by atoms with E-state index in [1.165, 1.54) is 11.8 Å². The third kappa shape index (κ3) is 4.06. The molecule has 2 aromatic rings. The number of anilines is 1. The van der Waals surface area contributed by atoms with Gasteiger partial charge in [0.05, 0.1) is 10.6 Å². The first-order chi connectivity index (χ1) is 12.6. The van der Waals surface area contributed by atoms with Crippen molar-refractivity contribution in [3.05, 3.63) is 77.7 Å². The Labute approximate surface area is 158 Å². The zero-order chi connectivity index (χ0) is 18.5. The molecule has 0 unspecified atom stereocenters. The SMILES string of the molecule is C=CCN1C(=O)/C(=C\c2ccc(N(C)C)cc2)SC1=Nc1ccccc1. The fourth-order valence-electron chi connectivity index (χ4n) is 2.51. The average Bonchev–Trinajstić information content (AvgIpc) is 2.92. The van der Waals surface area contributed by atoms with E-state index in [0.29, 0.717) is 16.6 Å². The summed E-state index contributed by atoms with van der Waals surface area (Å²) in [5.74, 6) is -0.0405. The third-order valence-corrected chi connectivity index (χ3v) is 4.89. The molecule has 1 saturated heterocycles. The number of carbonyl (C=O) groups is 1. The predicted molar refractivity (Wildman–Crippen MR) is 112 cm³/mol. The van der Waals surface area contributed by atoms with E-state index in [1.54, 1.807) is 11.0 Å². The number of nitrogens with zero attached hydrogens (tertiary/aromatic N) is 3. The molecule has 1 amide bonds. The number of hydrogen-bond acceptors (Lipinski definition) is 4. The van der Waals surface area contributed by atoms with Crippen molar-refractivity contribution >= 4 is 40.3 Å². The summed E-state index contributed by atoms with van der Waals surface area (Å²) < 4.78 is 0. The van der Waals surface area contributed by atoms with Crippen LogP contribution in [-0.2, 0) is 4.79 Å². The van der Waals surface area contributed by atoms with Crippen molar-refractivity contribution in [3.8, 4) is 0 Å². The lowest BCUT2D eigenvalue weighted by atomic mass is 10.2. The van der Waals surface area contributed by atoms with Crippen LogP contribution in [0.15, 0.2) is 77.1 Å². The lowest BCUT2D eigenvalue weighted by molar-refractivity contribution is -0.121. The van der Waals surface area contributed by atoms with Gasteiger partial charge in [-0.2, -0.15) is 0 Å². The van der Waals surface area contributed by atoms with Crippen LogP contribution in [0.3, 0.4) is 0 Å². The minimum atomic E-state index is -0.0405. The van der Waals surface area contributed by atoms with Gasteiger partial charge < -0.3 is 4.90 Å². The standard InChI is InChI=1S/C21H21N3OS/c1-4-14-24-20(25)19(15-16-10-12-18(13-11-16)23(2)3)26-21(24)22-17-8-6-5-7-9-17/h4-13,15H,1,14H2,2-3H3/b19-15+,22-21?. The summed E-state index contributed by atoms with van der Waals surface area (Å²) >= 11 is 1.40. The van der Waals surface area contributed by atoms with Crippen LogP contribution in [0.25, 0.3) is 6.08 Å². The number of benzene rings is 2. The first-order valence-electron chi connectivity index (χ1n) is 8.32. The molecule has 26 heavy (non-hydrogen) atoms. The monoisotopic (exact) mass is 363 g/mol. The summed E-state index contributed by atoms with van der Waals surface area (Å²) in [7, 11) is 4.01. The summed E-state index contributed by atoms with van der Waals surface area (Å²) in [5, 5.41) is 0.678. The number of rotatable bonds is 5. The summed E-state index contributed by atoms with van der Waals surface area (Å²) in [6.07, 6.45) is 3.63. The molecule has 132 valence electrons. The topological polar surface area (TPSA) is 35.9 Å². The molecule has 0 N–H and O–H groups in total. The van der Waals surface area contributed by atoms with Gasteiger partial charge in [0.1, 0.15) is 0 Å². The zero-order valence-electron chi connectivity index (χ0n) is 14.9. The number of carbonyl (C=O) groups excluding carboxylic acids is 1. The molecule has 3 rings (SSSR count). The molecular formula is C21H21N3OS. The van der Waals surface area contributed by atoms with Crippen molar-refractivity contribution in [1.82, 2.24) is 4.90 Å². The van der Waals surface area contributed by atoms with E-state index in [-0.39, 0.29) is 5.91 Å². The maximum absolute atomic E-state index is 12.8. The summed E-state index contributed by atoms with van der Waals surface area (Å²) in [6, 6.07) is 17.8. The highest BCUT2D eigenvalue weighted by atomic mass is 32.2. The zero-order valence-corrected chi connectivity index (χ0v) is 15.7. The molecule has 1 heterocycles. The Kier molecular flexibility index (Phi) is 5.58. The van der Waals surface area contributed by atoms with Crippen LogP contribution in [0.5, 0.6) is 0 Å². The van der Waals surface area contributed by atoms with Crippen LogP contribution in [0.2, 0.25) is 0 Å². The number of para-hydroxylation sites is 1. The Balaban J connectivity index is 1.90. The molecule has 0 atom stereocenters. The summed E-state index contributed by atoms with van der Waals surface area (Å²) in [6.45, 7) is 4.19. The van der Waals surface area contributed by atoms with E-state index in [4.69, 9.17) is 0 Å². The average molecular weight is 363 g/mol. The second-order valence-electron chi connectivity index (χ2n) is 6.03. The minimum absolute atomic E-state index is 0.0405. The minimum Gasteiger partial charge on any atom is -0.378 e. The molecule has 0 aromatic heterocycles. The molecular weight excluding hydrogens is 342 g/mol. The van der Waals surface area contributed by atoms with E-state index in [1.807, 2.05) is 79.7 Å². The first kappa shape index (κ1) is 18.0. The van der Waals surface area contributed by atoms with Gasteiger partial charge in [0.15, 0.2) is 5.17 Å². The molecule has 0 bridgehead atoms. The molecule has 0 aliphatic carbocycles. The van der Waals surface area contributed by atoms with Gasteiger partial charge >= 0.3 is 0 Å². The quantitative estimate of drug-likeness (QED) is 0.578. The van der Waals surface area contributed by atoms with E-state index in [2.05, 4.69) is 11.6 Å². The Bertz CT molecular complexity index is 855. The van der Waals surface area contributed by atoms with Crippen LogP contribution in [0.4, 0.5) is 11.4 Å². The van der Waals surface area contributed by atoms with Crippen molar-refractivity contribution in [2.75, 3.05) is 25.5 Å². The Morgan fingerprint density at radius 3 is 2.42 bits per heavy atom. The number of amides is 1. The Morgan fingerprint density at radius 2 is 1.81 bits per heavy atom. The van der Waals surface area contributed by atoms with Gasteiger partial charge in [0.25, 0.3) is 5.91 Å². The molecule has 0 spiro atoms. The lowest BCUT2D eigenvalue weighted by Crippen LogP contribution is -2.29. The fourth-order valence-corrected chi connectivity index (χ4v) is 3.52. The Hall–Kier alpha value is -2.79. The number of thioether (sulfide) groups is 1. The smallest absolute Gasteiger partial charge is 0.267 e. The second-order valence-corrected chi connectivity index (χ2v) is 7.04. The van der Waals surface area contributed by atoms with Crippen molar-refractivity contribution in [3.63, 3.8) is 0 Å². The lowest BCUT2D eigenvalue weighted by Gasteiger charge is -2.12. The molecule has 4 nitrogen and oxygen atoms in total. The molecule has 5 heteroatoms. The molecule has 0 radical (unpaired) electrons. The van der Waals surface area contributed by atoms with E-state index in [9.17, 15) is 4.79 Å². The van der Waals surface area contributed by atoms with Gasteiger partial charge in [-0.3, -0.25) is 9.69 Å². The summed E-state index contributed by atoms with van der Waals surface area (Å²) in [4.78, 5) is 21.8. The van der Waals surface area contributed by atoms with Crippen molar-refractivity contribution < 1.29 is 4.79 Å². The highest BCUT2D eigenvalue weighted by molar-refractivity contribution is 8.18. The van der Waals surface area contributed by atoms with Crippen molar-refractivity contribution in [2.24, 2.45) is 4.99 Å². The van der Waals surface area contributed by atoms with Crippen LogP contribution >= 0.6 is 11.8 Å². The fraction of sp³-hybridized carbons (Fsp3) is 0.143. The van der Waals surface area contributed by atoms with Crippen LogP contribution in [0, 0.1) is 0 Å². The van der Waals surface area contributed by atoms with Gasteiger partial charge in [0.2, 0.25) is 0 Å². The molecule has 0 saturated carbocycles. The van der Waals surface area contributed by atoms with Crippen LogP contribution in [0.1, 0.15) is 5.56 Å². The van der Waals surface area contributed by atoms with Gasteiger partial charge in [0, 0.05) is 26.3 Å². The van der Waals surface area contributed by atoms with Gasteiger partial charge in [-0.15, -0.1) is 6.58 Å². The van der Waals surface area contributed by atoms with E-state index in [0.717, 1.165) is 16.9 Å². The molecule has 1 aliphatic rings. The van der Waals surface area contributed by atoms with Gasteiger partial charge in [-0.1, -0.05) is 36.4 Å². The maximum Gasteiger partial charge on any atom is 0.267 e. The third-order valence-electron chi connectivity index (χ3n) is 3.89. The first-order valence-corrected chi connectivity index (χ1v) is 9.13. The number of amidine groups is 1. The predicted octanol–water partition coefficient (Wildman–Crippen LogP) is 4.54. The van der Waals surface area contributed by atoms with Crippen LogP contribution < -0.4 is 4.90 Å². The second kappa shape index (κ2) is 8.06. The van der Waals surface area contributed by atoms with Gasteiger partial charge in [-0.25, -0.2) is 4.99 Å². The largest absolute Gasteiger partial charge is 0.378 e. The molecule has 1 aliphatic heterocycles. The normalized spacial score (nSPS) is 17.2. The van der Waals surface area contributed by atoms with E-state index >= 15 is 0 Å². The van der Waals surface area contributed by atoms with Crippen LogP contribution in [-0.4, -0.2) is 36.6 Å². The maximum atomic E-state index is 12.8. The summed E-state index contributed by atoms with van der Waals surface area (Å²) in [5.41, 5.74) is 2.94. The number of hydrogen-bond donors (Lipinski definition) is 0.